The Morgan fingerprint density at radius 1 is 0.971 bits per heavy atom. The average Bonchev–Trinajstić information content (AvgIpc) is 2.87. The minimum atomic E-state index is -1.23. The number of β-amino-alcohol motifs (C(OH)–C–C–N with tert-alkyl or cyclic N) is 1. The van der Waals surface area contributed by atoms with E-state index in [9.17, 15) is 20.4 Å². The lowest BCUT2D eigenvalue weighted by atomic mass is 9.93. The quantitative estimate of drug-likeness (QED) is 0.302. The largest absolute Gasteiger partial charge is 0.395 e. The summed E-state index contributed by atoms with van der Waals surface area (Å²) < 4.78 is 0. The molecule has 0 radical (unpaired) electrons. The molecule has 4 rings (SSSR count). The van der Waals surface area contributed by atoms with Crippen molar-refractivity contribution in [1.82, 2.24) is 15.1 Å². The van der Waals surface area contributed by atoms with Crippen LogP contribution in [0.2, 0.25) is 5.02 Å². The molecule has 35 heavy (non-hydrogen) atoms. The summed E-state index contributed by atoms with van der Waals surface area (Å²) in [4.78, 5) is 1.83. The van der Waals surface area contributed by atoms with Crippen LogP contribution in [0.25, 0.3) is 11.3 Å². The summed E-state index contributed by atoms with van der Waals surface area (Å²) in [6, 6.07) is 17.2. The Balaban J connectivity index is 1.28. The Morgan fingerprint density at radius 3 is 2.40 bits per heavy atom. The highest BCUT2D eigenvalue weighted by Crippen LogP contribution is 2.26. The first-order valence-corrected chi connectivity index (χ1v) is 12.1. The lowest BCUT2D eigenvalue weighted by Crippen LogP contribution is -2.62. The van der Waals surface area contributed by atoms with E-state index in [2.05, 4.69) is 39.8 Å². The van der Waals surface area contributed by atoms with Gasteiger partial charge in [0.25, 0.3) is 0 Å². The third-order valence-electron chi connectivity index (χ3n) is 6.44. The maximum atomic E-state index is 10.1. The second kappa shape index (κ2) is 11.9. The van der Waals surface area contributed by atoms with Crippen LogP contribution in [0.4, 0.5) is 5.69 Å². The van der Waals surface area contributed by atoms with E-state index in [0.717, 1.165) is 35.5 Å². The third kappa shape index (κ3) is 6.55. The van der Waals surface area contributed by atoms with Gasteiger partial charge >= 0.3 is 0 Å². The molecule has 2 aromatic carbocycles. The predicted octanol–water partition coefficient (Wildman–Crippen LogP) is 1.75. The molecule has 8 nitrogen and oxygen atoms in total. The summed E-state index contributed by atoms with van der Waals surface area (Å²) in [5.74, 6) is 0. The minimum Gasteiger partial charge on any atom is -0.395 e. The third-order valence-corrected chi connectivity index (χ3v) is 6.65. The fraction of sp³-hybridized carbons (Fsp3) is 0.385. The van der Waals surface area contributed by atoms with Crippen molar-refractivity contribution in [3.05, 3.63) is 76.9 Å². The first-order valence-electron chi connectivity index (χ1n) is 11.7. The number of piperidine rings is 1. The summed E-state index contributed by atoms with van der Waals surface area (Å²) in [6.07, 6.45) is -0.256. The van der Waals surface area contributed by atoms with Crippen LogP contribution in [-0.4, -0.2) is 86.1 Å². The number of benzene rings is 2. The van der Waals surface area contributed by atoms with Crippen molar-refractivity contribution in [2.24, 2.45) is 0 Å². The van der Waals surface area contributed by atoms with Crippen LogP contribution >= 0.6 is 11.6 Å². The molecule has 1 saturated heterocycles. The van der Waals surface area contributed by atoms with Crippen molar-refractivity contribution in [3.8, 4) is 11.3 Å². The first kappa shape index (κ1) is 25.5. The van der Waals surface area contributed by atoms with Crippen LogP contribution in [0.1, 0.15) is 11.1 Å². The standard InChI is InChI=1S/C26H31ClN4O4/c27-20-12-19(22-2-1-9-29-30-22)13-21(14-20)28-10-7-17-3-5-18(6-4-17)8-11-31-15-24(33)26(35)25(34)23(31)16-32/h1-6,9,12-14,23-26,28,32-35H,7-8,10-11,15-16H2. The molecule has 1 aliphatic rings. The number of aliphatic hydroxyl groups is 4. The fourth-order valence-electron chi connectivity index (χ4n) is 4.43. The number of likely N-dealkylation sites (tertiary alicyclic amines) is 1. The molecule has 0 spiro atoms. The molecule has 186 valence electrons. The highest BCUT2D eigenvalue weighted by atomic mass is 35.5. The molecular weight excluding hydrogens is 468 g/mol. The van der Waals surface area contributed by atoms with E-state index in [-0.39, 0.29) is 13.2 Å². The second-order valence-electron chi connectivity index (χ2n) is 8.87. The number of anilines is 1. The highest BCUT2D eigenvalue weighted by Gasteiger charge is 2.40. The van der Waals surface area contributed by atoms with Gasteiger partial charge in [-0.3, -0.25) is 4.90 Å². The Bertz CT molecular complexity index is 1090. The van der Waals surface area contributed by atoms with Crippen LogP contribution in [0.15, 0.2) is 60.8 Å². The topological polar surface area (TPSA) is 122 Å². The van der Waals surface area contributed by atoms with E-state index >= 15 is 0 Å². The lowest BCUT2D eigenvalue weighted by molar-refractivity contribution is -0.144. The van der Waals surface area contributed by atoms with Crippen LogP contribution < -0.4 is 5.32 Å². The molecule has 1 fully saturated rings. The van der Waals surface area contributed by atoms with E-state index in [4.69, 9.17) is 11.6 Å². The van der Waals surface area contributed by atoms with Gasteiger partial charge in [0.15, 0.2) is 0 Å². The minimum absolute atomic E-state index is 0.218. The molecule has 0 amide bonds. The number of aliphatic hydroxyl groups excluding tert-OH is 4. The fourth-order valence-corrected chi connectivity index (χ4v) is 4.66. The van der Waals surface area contributed by atoms with Crippen LogP contribution in [-0.2, 0) is 12.8 Å². The molecule has 3 aromatic rings. The number of rotatable bonds is 9. The van der Waals surface area contributed by atoms with Crippen LogP contribution in [0.3, 0.4) is 0 Å². The van der Waals surface area contributed by atoms with Crippen LogP contribution in [0, 0.1) is 0 Å². The van der Waals surface area contributed by atoms with Gasteiger partial charge in [-0.2, -0.15) is 10.2 Å². The maximum absolute atomic E-state index is 10.1. The molecule has 5 N–H and O–H groups in total. The predicted molar refractivity (Wildman–Crippen MR) is 135 cm³/mol. The number of halogens is 1. The summed E-state index contributed by atoms with van der Waals surface area (Å²) >= 11 is 6.29. The number of nitrogens with zero attached hydrogens (tertiary/aromatic N) is 3. The molecule has 0 saturated carbocycles. The Labute approximate surface area is 209 Å². The van der Waals surface area contributed by atoms with Crippen LogP contribution in [0.5, 0.6) is 0 Å². The van der Waals surface area contributed by atoms with Gasteiger partial charge in [-0.05, 0) is 54.3 Å². The van der Waals surface area contributed by atoms with Crippen molar-refractivity contribution in [3.63, 3.8) is 0 Å². The monoisotopic (exact) mass is 498 g/mol. The Kier molecular flexibility index (Phi) is 8.67. The lowest BCUT2D eigenvalue weighted by Gasteiger charge is -2.43. The normalized spacial score (nSPS) is 22.8. The van der Waals surface area contributed by atoms with Gasteiger partial charge in [-0.15, -0.1) is 0 Å². The zero-order chi connectivity index (χ0) is 24.8. The van der Waals surface area contributed by atoms with Crippen molar-refractivity contribution in [2.45, 2.75) is 37.2 Å². The second-order valence-corrected chi connectivity index (χ2v) is 9.31. The maximum Gasteiger partial charge on any atom is 0.109 e. The van der Waals surface area contributed by atoms with Crippen molar-refractivity contribution >= 4 is 17.3 Å². The zero-order valence-corrected chi connectivity index (χ0v) is 20.1. The SMILES string of the molecule is OCC1C(O)C(O)C(O)CN1CCc1ccc(CCNc2cc(Cl)cc(-c3cccnn3)c2)cc1. The molecule has 1 aliphatic heterocycles. The molecule has 0 aliphatic carbocycles. The molecular formula is C26H31ClN4O4. The number of nitrogens with one attached hydrogen (secondary N) is 1. The van der Waals surface area contributed by atoms with Crippen molar-refractivity contribution in [2.75, 3.05) is 31.6 Å². The van der Waals surface area contributed by atoms with Gasteiger partial charge < -0.3 is 25.7 Å². The number of aromatic nitrogens is 2. The molecule has 4 unspecified atom stereocenters. The molecule has 9 heteroatoms. The summed E-state index contributed by atoms with van der Waals surface area (Å²) in [6.45, 7) is 1.25. The van der Waals surface area contributed by atoms with E-state index < -0.39 is 24.4 Å². The molecule has 1 aromatic heterocycles. The molecule has 2 heterocycles. The van der Waals surface area contributed by atoms with E-state index in [1.54, 1.807) is 6.20 Å². The highest BCUT2D eigenvalue weighted by molar-refractivity contribution is 6.31. The van der Waals surface area contributed by atoms with Gasteiger partial charge in [0.05, 0.1) is 24.4 Å². The average molecular weight is 499 g/mol. The van der Waals surface area contributed by atoms with Crippen molar-refractivity contribution < 1.29 is 20.4 Å². The Morgan fingerprint density at radius 2 is 1.71 bits per heavy atom. The smallest absolute Gasteiger partial charge is 0.109 e. The van der Waals surface area contributed by atoms with Gasteiger partial charge in [-0.1, -0.05) is 35.9 Å². The van der Waals surface area contributed by atoms with E-state index in [1.165, 1.54) is 5.56 Å². The summed E-state index contributed by atoms with van der Waals surface area (Å²) in [5.41, 5.74) is 4.91. The first-order chi connectivity index (χ1) is 16.9. The van der Waals surface area contributed by atoms with Gasteiger partial charge in [0.1, 0.15) is 12.2 Å². The van der Waals surface area contributed by atoms with E-state index in [1.807, 2.05) is 35.2 Å². The van der Waals surface area contributed by atoms with Crippen molar-refractivity contribution in [1.29, 1.82) is 0 Å². The molecule has 0 bridgehead atoms. The van der Waals surface area contributed by atoms with Gasteiger partial charge in [0.2, 0.25) is 0 Å². The Hall–Kier alpha value is -2.59. The number of hydrogen-bond donors (Lipinski definition) is 5. The summed E-state index contributed by atoms with van der Waals surface area (Å²) in [5, 5.41) is 51.7. The number of hydrogen-bond acceptors (Lipinski definition) is 8. The summed E-state index contributed by atoms with van der Waals surface area (Å²) in [7, 11) is 0. The van der Waals surface area contributed by atoms with Gasteiger partial charge in [-0.25, -0.2) is 0 Å². The zero-order valence-electron chi connectivity index (χ0n) is 19.3. The van der Waals surface area contributed by atoms with Gasteiger partial charge in [0, 0.05) is 42.1 Å². The van der Waals surface area contributed by atoms with E-state index in [0.29, 0.717) is 18.0 Å². The molecule has 4 atom stereocenters.